The molecule has 0 unspecified atom stereocenters. The molecule has 0 amide bonds. The van der Waals surface area contributed by atoms with Crippen molar-refractivity contribution in [1.29, 1.82) is 0 Å². The first-order valence-corrected chi connectivity index (χ1v) is 8.92. The Balaban J connectivity index is 1.39. The molecule has 2 aliphatic carbocycles. The topological polar surface area (TPSA) is 6.48 Å². The summed E-state index contributed by atoms with van der Waals surface area (Å²) < 4.78 is 0. The van der Waals surface area contributed by atoms with Crippen LogP contribution in [0.3, 0.4) is 0 Å². The number of nitrogens with zero attached hydrogens (tertiary/aromatic N) is 2. The molecule has 0 aromatic carbocycles. The lowest BCUT2D eigenvalue weighted by atomic mass is 9.86. The Morgan fingerprint density at radius 2 is 1.65 bits per heavy atom. The molecular weight excluding hydrogens is 244 g/mol. The van der Waals surface area contributed by atoms with Crippen LogP contribution in [-0.2, 0) is 0 Å². The molecule has 20 heavy (non-hydrogen) atoms. The van der Waals surface area contributed by atoms with Gasteiger partial charge in [0, 0.05) is 38.8 Å². The predicted octanol–water partition coefficient (Wildman–Crippen LogP) is 3.54. The van der Waals surface area contributed by atoms with Gasteiger partial charge in [-0.3, -0.25) is 4.90 Å². The average Bonchev–Trinajstić information content (AvgIpc) is 2.50. The van der Waals surface area contributed by atoms with Crippen LogP contribution in [0.15, 0.2) is 12.2 Å². The lowest BCUT2D eigenvalue weighted by molar-refractivity contribution is 0.0641. The van der Waals surface area contributed by atoms with Gasteiger partial charge in [0.05, 0.1) is 0 Å². The second kappa shape index (κ2) is 7.09. The van der Waals surface area contributed by atoms with Crippen molar-refractivity contribution in [3.8, 4) is 0 Å². The van der Waals surface area contributed by atoms with Crippen LogP contribution < -0.4 is 0 Å². The molecule has 1 atom stereocenters. The van der Waals surface area contributed by atoms with Crippen molar-refractivity contribution >= 4 is 0 Å². The van der Waals surface area contributed by atoms with E-state index in [-0.39, 0.29) is 0 Å². The molecule has 0 spiro atoms. The van der Waals surface area contributed by atoms with Crippen LogP contribution >= 0.6 is 0 Å². The Kier molecular flexibility index (Phi) is 5.17. The minimum atomic E-state index is 0.908. The second-order valence-corrected chi connectivity index (χ2v) is 7.40. The van der Waals surface area contributed by atoms with Gasteiger partial charge in [-0.1, -0.05) is 19.1 Å². The molecule has 2 heteroatoms. The molecule has 3 aliphatic rings. The molecule has 114 valence electrons. The quantitative estimate of drug-likeness (QED) is 0.728. The van der Waals surface area contributed by atoms with Crippen LogP contribution in [0.4, 0.5) is 0 Å². The van der Waals surface area contributed by atoms with Crippen LogP contribution in [0.2, 0.25) is 0 Å². The maximum Gasteiger partial charge on any atom is 0.0113 e. The van der Waals surface area contributed by atoms with Crippen LogP contribution in [0.5, 0.6) is 0 Å². The van der Waals surface area contributed by atoms with E-state index in [0.29, 0.717) is 0 Å². The summed E-state index contributed by atoms with van der Waals surface area (Å²) in [6.07, 6.45) is 14.6. The highest BCUT2D eigenvalue weighted by Gasteiger charge is 2.27. The monoisotopic (exact) mass is 276 g/mol. The molecule has 0 N–H and O–H groups in total. The van der Waals surface area contributed by atoms with Crippen LogP contribution in [0.25, 0.3) is 0 Å². The fraction of sp³-hybridized carbons (Fsp3) is 0.889. The summed E-state index contributed by atoms with van der Waals surface area (Å²) in [4.78, 5) is 5.52. The van der Waals surface area contributed by atoms with Gasteiger partial charge in [0.2, 0.25) is 0 Å². The van der Waals surface area contributed by atoms with Gasteiger partial charge in [-0.2, -0.15) is 0 Å². The van der Waals surface area contributed by atoms with Crippen LogP contribution in [-0.4, -0.2) is 48.6 Å². The summed E-state index contributed by atoms with van der Waals surface area (Å²) in [5.41, 5.74) is 0. The molecule has 1 saturated heterocycles. The fourth-order valence-electron chi connectivity index (χ4n) is 4.31. The first-order chi connectivity index (χ1) is 9.81. The summed E-state index contributed by atoms with van der Waals surface area (Å²) in [5, 5.41) is 0. The van der Waals surface area contributed by atoms with Crippen LogP contribution in [0.1, 0.15) is 51.9 Å². The Morgan fingerprint density at radius 3 is 2.30 bits per heavy atom. The van der Waals surface area contributed by atoms with Gasteiger partial charge in [-0.05, 0) is 56.8 Å². The summed E-state index contributed by atoms with van der Waals surface area (Å²) in [7, 11) is 0. The van der Waals surface area contributed by atoms with Crippen molar-refractivity contribution < 1.29 is 0 Å². The average molecular weight is 276 g/mol. The third kappa shape index (κ3) is 3.85. The van der Waals surface area contributed by atoms with Gasteiger partial charge in [0.25, 0.3) is 0 Å². The maximum absolute atomic E-state index is 2.79. The molecular formula is C18H32N2. The van der Waals surface area contributed by atoms with Gasteiger partial charge in [-0.15, -0.1) is 0 Å². The number of rotatable bonds is 3. The smallest absolute Gasteiger partial charge is 0.0113 e. The zero-order valence-corrected chi connectivity index (χ0v) is 13.3. The van der Waals surface area contributed by atoms with Crippen LogP contribution in [0, 0.1) is 11.8 Å². The third-order valence-electron chi connectivity index (χ3n) is 5.80. The van der Waals surface area contributed by atoms with Crippen molar-refractivity contribution in [1.82, 2.24) is 9.80 Å². The Labute approximate surface area is 125 Å². The zero-order chi connectivity index (χ0) is 13.8. The molecule has 0 bridgehead atoms. The van der Waals surface area contributed by atoms with Gasteiger partial charge in [0.1, 0.15) is 0 Å². The highest BCUT2D eigenvalue weighted by Crippen LogP contribution is 2.28. The second-order valence-electron chi connectivity index (χ2n) is 7.40. The number of allylic oxidation sites excluding steroid dienone is 2. The van der Waals surface area contributed by atoms with Crippen molar-refractivity contribution in [2.45, 2.75) is 57.9 Å². The molecule has 0 aromatic heterocycles. The summed E-state index contributed by atoms with van der Waals surface area (Å²) in [5.74, 6) is 1.91. The fourth-order valence-corrected chi connectivity index (χ4v) is 4.31. The number of piperazine rings is 1. The summed E-state index contributed by atoms with van der Waals surface area (Å²) in [6.45, 7) is 9.04. The first-order valence-electron chi connectivity index (χ1n) is 8.92. The van der Waals surface area contributed by atoms with E-state index in [0.717, 1.165) is 17.9 Å². The predicted molar refractivity (Wildman–Crippen MR) is 85.9 cm³/mol. The number of hydrogen-bond acceptors (Lipinski definition) is 2. The SMILES string of the molecule is CC1CCC(N2CCN(C[C@@H]3CC=CCC3)CC2)CC1. The van der Waals surface area contributed by atoms with Gasteiger partial charge in [-0.25, -0.2) is 0 Å². The van der Waals surface area contributed by atoms with Crippen molar-refractivity contribution in [3.05, 3.63) is 12.2 Å². The molecule has 1 aliphatic heterocycles. The largest absolute Gasteiger partial charge is 0.301 e. The molecule has 1 saturated carbocycles. The van der Waals surface area contributed by atoms with E-state index in [1.165, 1.54) is 77.7 Å². The third-order valence-corrected chi connectivity index (χ3v) is 5.80. The van der Waals surface area contributed by atoms with Crippen molar-refractivity contribution in [3.63, 3.8) is 0 Å². The van der Waals surface area contributed by atoms with Gasteiger partial charge < -0.3 is 4.90 Å². The Bertz CT molecular complexity index is 309. The van der Waals surface area contributed by atoms with Gasteiger partial charge in [0.15, 0.2) is 0 Å². The zero-order valence-electron chi connectivity index (χ0n) is 13.3. The lowest BCUT2D eigenvalue weighted by Gasteiger charge is -2.42. The molecule has 1 heterocycles. The Morgan fingerprint density at radius 1 is 0.900 bits per heavy atom. The summed E-state index contributed by atoms with van der Waals surface area (Å²) in [6, 6.07) is 0.908. The van der Waals surface area contributed by atoms with E-state index in [1.54, 1.807) is 0 Å². The molecule has 0 radical (unpaired) electrons. The van der Waals surface area contributed by atoms with Crippen molar-refractivity contribution in [2.24, 2.45) is 11.8 Å². The molecule has 2 nitrogen and oxygen atoms in total. The van der Waals surface area contributed by atoms with E-state index in [9.17, 15) is 0 Å². The van der Waals surface area contributed by atoms with Crippen molar-refractivity contribution in [2.75, 3.05) is 32.7 Å². The molecule has 0 aromatic rings. The first kappa shape index (κ1) is 14.6. The highest BCUT2D eigenvalue weighted by atomic mass is 15.3. The van der Waals surface area contributed by atoms with E-state index < -0.39 is 0 Å². The van der Waals surface area contributed by atoms with E-state index in [1.807, 2.05) is 0 Å². The Hall–Kier alpha value is -0.340. The van der Waals surface area contributed by atoms with E-state index >= 15 is 0 Å². The minimum absolute atomic E-state index is 0.908. The maximum atomic E-state index is 2.79. The lowest BCUT2D eigenvalue weighted by Crippen LogP contribution is -2.51. The normalized spacial score (nSPS) is 37.1. The minimum Gasteiger partial charge on any atom is -0.301 e. The number of hydrogen-bond donors (Lipinski definition) is 0. The molecule has 3 rings (SSSR count). The van der Waals surface area contributed by atoms with E-state index in [4.69, 9.17) is 0 Å². The highest BCUT2D eigenvalue weighted by molar-refractivity contribution is 4.91. The molecule has 2 fully saturated rings. The standard InChI is InChI=1S/C18H32N2/c1-16-7-9-18(10-8-16)20-13-11-19(12-14-20)15-17-5-3-2-4-6-17/h2-3,16-18H,4-15H2,1H3/t16?,17-,18?/m1/s1. The summed E-state index contributed by atoms with van der Waals surface area (Å²) >= 11 is 0. The van der Waals surface area contributed by atoms with E-state index in [2.05, 4.69) is 28.9 Å². The van der Waals surface area contributed by atoms with Gasteiger partial charge >= 0.3 is 0 Å².